The molecular weight excluding hydrogens is 797 g/mol. The predicted octanol–water partition coefficient (Wildman–Crippen LogP) is 12.2. The SMILES string of the molecule is CCCCCCCCCCCCC/C=C/C=C/C(=O)O[C@@H](COC(=O)CCC/C=C/CCCCCCCCCCCCCCCCCCCC)CO[C@H]1O[C@@H](CO)[C@@H](O)C(O)C1O. The zero-order valence-electron chi connectivity index (χ0n) is 40.3. The Kier molecular flexibility index (Phi) is 41.0. The first-order valence-electron chi connectivity index (χ1n) is 26.1. The molecular formula is C53H96O10. The number of rotatable bonds is 44. The Labute approximate surface area is 385 Å². The summed E-state index contributed by atoms with van der Waals surface area (Å²) in [5.41, 5.74) is 0. The van der Waals surface area contributed by atoms with E-state index in [0.29, 0.717) is 6.42 Å². The molecule has 2 unspecified atom stereocenters. The van der Waals surface area contributed by atoms with Crippen molar-refractivity contribution in [2.45, 2.75) is 269 Å². The molecule has 0 saturated carbocycles. The Morgan fingerprint density at radius 3 is 1.41 bits per heavy atom. The summed E-state index contributed by atoms with van der Waals surface area (Å²) in [6.07, 6.45) is 45.2. The minimum absolute atomic E-state index is 0.210. The highest BCUT2D eigenvalue weighted by molar-refractivity contribution is 5.82. The van der Waals surface area contributed by atoms with Gasteiger partial charge in [0.2, 0.25) is 0 Å². The van der Waals surface area contributed by atoms with Crippen molar-refractivity contribution in [1.29, 1.82) is 0 Å². The van der Waals surface area contributed by atoms with E-state index in [9.17, 15) is 30.0 Å². The normalized spacial score (nSPS) is 19.7. The topological polar surface area (TPSA) is 152 Å². The molecule has 6 atom stereocenters. The first-order chi connectivity index (χ1) is 30.8. The third-order valence-electron chi connectivity index (χ3n) is 12.1. The number of hydrogen-bond acceptors (Lipinski definition) is 10. The summed E-state index contributed by atoms with van der Waals surface area (Å²) in [5.74, 6) is -1.09. The van der Waals surface area contributed by atoms with Crippen molar-refractivity contribution >= 4 is 11.9 Å². The largest absolute Gasteiger partial charge is 0.462 e. The molecule has 0 aliphatic carbocycles. The summed E-state index contributed by atoms with van der Waals surface area (Å²) < 4.78 is 22.0. The summed E-state index contributed by atoms with van der Waals surface area (Å²) in [6.45, 7) is 3.32. The molecule has 0 bridgehead atoms. The summed E-state index contributed by atoms with van der Waals surface area (Å²) in [5, 5.41) is 40.1. The minimum Gasteiger partial charge on any atom is -0.462 e. The number of hydrogen-bond donors (Lipinski definition) is 4. The Morgan fingerprint density at radius 2 is 0.952 bits per heavy atom. The number of ether oxygens (including phenoxy) is 4. The molecule has 368 valence electrons. The standard InChI is InChI=1S/C53H96O10/c1-3-5-7-9-11-13-15-17-19-20-21-22-23-24-25-26-28-29-31-33-35-37-39-41-48(55)60-44-46(45-61-53-52(59)51(58)50(57)47(43-54)63-53)62-49(56)42-40-38-36-34-32-30-27-18-16-14-12-10-8-6-4-2/h33,35-36,38,40,42,46-47,50-54,57-59H,3-32,34,37,39,41,43-45H2,1-2H3/b35-33+,38-36+,42-40+/t46-,47-,50+,51?,52?,53-/m0/s1. The fourth-order valence-electron chi connectivity index (χ4n) is 7.98. The van der Waals surface area contributed by atoms with Crippen molar-refractivity contribution in [3.8, 4) is 0 Å². The van der Waals surface area contributed by atoms with Crippen molar-refractivity contribution in [2.75, 3.05) is 19.8 Å². The van der Waals surface area contributed by atoms with Gasteiger partial charge >= 0.3 is 11.9 Å². The zero-order chi connectivity index (χ0) is 45.9. The Hall–Kier alpha value is -2.08. The van der Waals surface area contributed by atoms with E-state index in [2.05, 4.69) is 26.0 Å². The van der Waals surface area contributed by atoms with Gasteiger partial charge < -0.3 is 39.4 Å². The number of carbonyl (C=O) groups is 2. The lowest BCUT2D eigenvalue weighted by atomic mass is 9.99. The summed E-state index contributed by atoms with van der Waals surface area (Å²) in [7, 11) is 0. The van der Waals surface area contributed by atoms with Crippen molar-refractivity contribution in [1.82, 2.24) is 0 Å². The predicted molar refractivity (Wildman–Crippen MR) is 256 cm³/mol. The van der Waals surface area contributed by atoms with Gasteiger partial charge in [-0.25, -0.2) is 4.79 Å². The summed E-state index contributed by atoms with van der Waals surface area (Å²) in [4.78, 5) is 25.3. The van der Waals surface area contributed by atoms with Crippen LogP contribution in [-0.2, 0) is 28.5 Å². The van der Waals surface area contributed by atoms with Gasteiger partial charge in [0, 0.05) is 12.5 Å². The third kappa shape index (κ3) is 34.9. The van der Waals surface area contributed by atoms with Crippen molar-refractivity contribution < 1.29 is 49.0 Å². The second-order valence-corrected chi connectivity index (χ2v) is 18.0. The number of aliphatic hydroxyl groups excluding tert-OH is 4. The quantitative estimate of drug-likeness (QED) is 0.0153. The van der Waals surface area contributed by atoms with Crippen LogP contribution in [-0.4, -0.2) is 89.0 Å². The van der Waals surface area contributed by atoms with Gasteiger partial charge in [0.25, 0.3) is 0 Å². The lowest BCUT2D eigenvalue weighted by molar-refractivity contribution is -0.305. The van der Waals surface area contributed by atoms with Crippen LogP contribution in [0, 0.1) is 0 Å². The molecule has 0 aromatic carbocycles. The van der Waals surface area contributed by atoms with Crippen LogP contribution >= 0.6 is 0 Å². The molecule has 1 saturated heterocycles. The maximum atomic E-state index is 12.7. The van der Waals surface area contributed by atoms with E-state index in [1.807, 2.05) is 12.2 Å². The molecule has 10 heteroatoms. The van der Waals surface area contributed by atoms with Crippen LogP contribution in [0.2, 0.25) is 0 Å². The van der Waals surface area contributed by atoms with E-state index < -0.39 is 55.4 Å². The first kappa shape index (κ1) is 58.9. The van der Waals surface area contributed by atoms with Crippen LogP contribution in [0.5, 0.6) is 0 Å². The van der Waals surface area contributed by atoms with Gasteiger partial charge in [-0.3, -0.25) is 4.79 Å². The molecule has 1 aliphatic rings. The van der Waals surface area contributed by atoms with Gasteiger partial charge in [0.15, 0.2) is 12.4 Å². The number of allylic oxidation sites excluding steroid dienone is 5. The van der Waals surface area contributed by atoms with Gasteiger partial charge in [-0.1, -0.05) is 218 Å². The number of unbranched alkanes of at least 4 members (excludes halogenated alkanes) is 30. The lowest BCUT2D eigenvalue weighted by Gasteiger charge is -2.39. The maximum Gasteiger partial charge on any atom is 0.331 e. The van der Waals surface area contributed by atoms with Crippen LogP contribution in [0.25, 0.3) is 0 Å². The minimum atomic E-state index is -1.61. The second kappa shape index (κ2) is 43.8. The monoisotopic (exact) mass is 893 g/mol. The van der Waals surface area contributed by atoms with Crippen LogP contribution in [0.1, 0.15) is 232 Å². The molecule has 0 radical (unpaired) electrons. The van der Waals surface area contributed by atoms with Gasteiger partial charge in [-0.15, -0.1) is 0 Å². The van der Waals surface area contributed by atoms with E-state index in [1.165, 1.54) is 186 Å². The smallest absolute Gasteiger partial charge is 0.331 e. The van der Waals surface area contributed by atoms with Crippen LogP contribution in [0.4, 0.5) is 0 Å². The lowest BCUT2D eigenvalue weighted by Crippen LogP contribution is -2.59. The average molecular weight is 893 g/mol. The van der Waals surface area contributed by atoms with E-state index in [1.54, 1.807) is 6.08 Å². The maximum absolute atomic E-state index is 12.7. The van der Waals surface area contributed by atoms with Crippen LogP contribution in [0.15, 0.2) is 36.5 Å². The Balaban J connectivity index is 2.28. The van der Waals surface area contributed by atoms with Gasteiger partial charge in [-0.05, 0) is 38.5 Å². The van der Waals surface area contributed by atoms with Crippen LogP contribution < -0.4 is 0 Å². The molecule has 1 heterocycles. The molecule has 1 aliphatic heterocycles. The fraction of sp³-hybridized carbons (Fsp3) is 0.849. The second-order valence-electron chi connectivity index (χ2n) is 18.0. The molecule has 1 fully saturated rings. The summed E-state index contributed by atoms with van der Waals surface area (Å²) >= 11 is 0. The zero-order valence-corrected chi connectivity index (χ0v) is 40.3. The van der Waals surface area contributed by atoms with Crippen molar-refractivity contribution in [2.24, 2.45) is 0 Å². The molecule has 4 N–H and O–H groups in total. The average Bonchev–Trinajstić information content (AvgIpc) is 3.28. The molecule has 0 aromatic rings. The highest BCUT2D eigenvalue weighted by Crippen LogP contribution is 2.23. The molecule has 0 amide bonds. The van der Waals surface area contributed by atoms with Gasteiger partial charge in [-0.2, -0.15) is 0 Å². The van der Waals surface area contributed by atoms with E-state index in [4.69, 9.17) is 18.9 Å². The molecule has 0 spiro atoms. The Morgan fingerprint density at radius 1 is 0.524 bits per heavy atom. The highest BCUT2D eigenvalue weighted by atomic mass is 16.7. The first-order valence-corrected chi connectivity index (χ1v) is 26.1. The molecule has 63 heavy (non-hydrogen) atoms. The number of carbonyl (C=O) groups excluding carboxylic acids is 2. The molecule has 0 aromatic heterocycles. The van der Waals surface area contributed by atoms with Gasteiger partial charge in [0.05, 0.1) is 13.2 Å². The van der Waals surface area contributed by atoms with Crippen molar-refractivity contribution in [3.05, 3.63) is 36.5 Å². The molecule has 10 nitrogen and oxygen atoms in total. The highest BCUT2D eigenvalue weighted by Gasteiger charge is 2.44. The van der Waals surface area contributed by atoms with Crippen LogP contribution in [0.3, 0.4) is 0 Å². The fourth-order valence-corrected chi connectivity index (χ4v) is 7.98. The van der Waals surface area contributed by atoms with Gasteiger partial charge in [0.1, 0.15) is 31.0 Å². The summed E-state index contributed by atoms with van der Waals surface area (Å²) in [6, 6.07) is 0. The van der Waals surface area contributed by atoms with E-state index in [-0.39, 0.29) is 19.6 Å². The Bertz CT molecular complexity index is 1120. The van der Waals surface area contributed by atoms with E-state index >= 15 is 0 Å². The van der Waals surface area contributed by atoms with Crippen molar-refractivity contribution in [3.63, 3.8) is 0 Å². The number of aliphatic hydroxyl groups is 4. The number of esters is 2. The molecule has 1 rings (SSSR count). The third-order valence-corrected chi connectivity index (χ3v) is 12.1. The van der Waals surface area contributed by atoms with E-state index in [0.717, 1.165) is 25.7 Å².